The third-order valence-corrected chi connectivity index (χ3v) is 12.6. The fourth-order valence-corrected chi connectivity index (χ4v) is 9.98. The summed E-state index contributed by atoms with van der Waals surface area (Å²) in [5.41, 5.74) is 12.5. The standard InChI is InChI=1S/C60H38/c1-3-19-39(20-4-1)53-35-41-23-7-9-25-43(41)37-55(53)57-45-27-11-15-31-49(45)59(50-32-16-12-28-46(50)57)60-51-33-17-13-29-47(51)58(48-30-14-18-34-52(48)60)56-38-44-26-10-8-24-42(44)36-54(56)40-21-5-2-6-22-40/h1-38H. The van der Waals surface area contributed by atoms with E-state index in [0.717, 1.165) is 0 Å². The third-order valence-electron chi connectivity index (χ3n) is 12.6. The molecule has 60 heavy (non-hydrogen) atoms. The topological polar surface area (TPSA) is 0 Å². The van der Waals surface area contributed by atoms with Crippen LogP contribution in [0.1, 0.15) is 0 Å². The number of hydrogen-bond acceptors (Lipinski definition) is 0. The Kier molecular flexibility index (Phi) is 7.96. The molecule has 0 aliphatic carbocycles. The molecule has 0 aliphatic heterocycles. The van der Waals surface area contributed by atoms with E-state index in [-0.39, 0.29) is 0 Å². The Bertz CT molecular complexity index is 3280. The minimum absolute atomic E-state index is 1.21. The van der Waals surface area contributed by atoms with Crippen molar-refractivity contribution in [1.29, 1.82) is 0 Å². The van der Waals surface area contributed by atoms with Crippen molar-refractivity contribution >= 4 is 64.6 Å². The summed E-state index contributed by atoms with van der Waals surface area (Å²) >= 11 is 0. The minimum atomic E-state index is 1.21. The second kappa shape index (κ2) is 13.9. The van der Waals surface area contributed by atoms with Crippen LogP contribution in [0, 0.1) is 0 Å². The summed E-state index contributed by atoms with van der Waals surface area (Å²) in [5.74, 6) is 0. The van der Waals surface area contributed by atoms with Gasteiger partial charge in [-0.2, -0.15) is 0 Å². The van der Waals surface area contributed by atoms with Crippen molar-refractivity contribution in [1.82, 2.24) is 0 Å². The second-order valence-electron chi connectivity index (χ2n) is 15.9. The van der Waals surface area contributed by atoms with Crippen molar-refractivity contribution in [2.45, 2.75) is 0 Å². The summed E-state index contributed by atoms with van der Waals surface area (Å²) in [6.45, 7) is 0. The Morgan fingerprint density at radius 2 is 0.383 bits per heavy atom. The van der Waals surface area contributed by atoms with Crippen molar-refractivity contribution in [3.8, 4) is 55.6 Å². The molecule has 0 aliphatic rings. The van der Waals surface area contributed by atoms with Crippen molar-refractivity contribution in [3.63, 3.8) is 0 Å². The lowest BCUT2D eigenvalue weighted by atomic mass is 9.79. The van der Waals surface area contributed by atoms with Crippen molar-refractivity contribution in [2.75, 3.05) is 0 Å². The van der Waals surface area contributed by atoms with Crippen molar-refractivity contribution in [2.24, 2.45) is 0 Å². The maximum atomic E-state index is 2.42. The SMILES string of the molecule is c1ccc(-c2cc3ccccc3cc2-c2c3ccccc3c(-c3c4ccccc4c(-c4cc5ccccc5cc4-c4ccccc4)c4ccccc34)c3ccccc23)cc1. The fraction of sp³-hybridized carbons (Fsp3) is 0. The van der Waals surface area contributed by atoms with Gasteiger partial charge in [0.05, 0.1) is 0 Å². The fourth-order valence-electron chi connectivity index (χ4n) is 9.98. The first kappa shape index (κ1) is 34.3. The molecule has 0 radical (unpaired) electrons. The van der Waals surface area contributed by atoms with Gasteiger partial charge in [0.1, 0.15) is 0 Å². The first-order valence-electron chi connectivity index (χ1n) is 20.8. The van der Waals surface area contributed by atoms with Crippen LogP contribution in [-0.2, 0) is 0 Å². The quantitative estimate of drug-likeness (QED) is 0.153. The van der Waals surface area contributed by atoms with Gasteiger partial charge in [0.2, 0.25) is 0 Å². The van der Waals surface area contributed by atoms with Crippen LogP contribution in [-0.4, -0.2) is 0 Å². The van der Waals surface area contributed by atoms with E-state index in [0.29, 0.717) is 0 Å². The molecule has 0 unspecified atom stereocenters. The number of hydrogen-bond donors (Lipinski definition) is 0. The molecule has 278 valence electrons. The minimum Gasteiger partial charge on any atom is -0.0622 e. The number of fused-ring (bicyclic) bond motifs is 6. The van der Waals surface area contributed by atoms with E-state index in [4.69, 9.17) is 0 Å². The highest BCUT2D eigenvalue weighted by Crippen LogP contribution is 2.52. The summed E-state index contributed by atoms with van der Waals surface area (Å²) in [6, 6.07) is 85.3. The van der Waals surface area contributed by atoms with Crippen LogP contribution in [0.15, 0.2) is 231 Å². The molecule has 0 N–H and O–H groups in total. The smallest absolute Gasteiger partial charge is 0.00139 e. The molecule has 12 aromatic rings. The van der Waals surface area contributed by atoms with E-state index in [1.807, 2.05) is 0 Å². The Morgan fingerprint density at radius 1 is 0.167 bits per heavy atom. The van der Waals surface area contributed by atoms with Crippen LogP contribution in [0.5, 0.6) is 0 Å². The number of rotatable bonds is 5. The lowest BCUT2D eigenvalue weighted by Gasteiger charge is -2.24. The molecular formula is C60H38. The van der Waals surface area contributed by atoms with Gasteiger partial charge in [0.25, 0.3) is 0 Å². The molecule has 0 saturated heterocycles. The van der Waals surface area contributed by atoms with E-state index in [1.165, 1.54) is 120 Å². The normalized spacial score (nSPS) is 11.7. The lowest BCUT2D eigenvalue weighted by molar-refractivity contribution is 1.63. The second-order valence-corrected chi connectivity index (χ2v) is 15.9. The number of benzene rings is 12. The maximum absolute atomic E-state index is 2.42. The van der Waals surface area contributed by atoms with Gasteiger partial charge in [-0.25, -0.2) is 0 Å². The monoisotopic (exact) mass is 758 g/mol. The highest BCUT2D eigenvalue weighted by Gasteiger charge is 2.24. The molecule has 12 rings (SSSR count). The van der Waals surface area contributed by atoms with Gasteiger partial charge in [-0.3, -0.25) is 0 Å². The van der Waals surface area contributed by atoms with Crippen molar-refractivity contribution < 1.29 is 0 Å². The molecule has 0 fully saturated rings. The van der Waals surface area contributed by atoms with Crippen LogP contribution >= 0.6 is 0 Å². The molecule has 0 saturated carbocycles. The Morgan fingerprint density at radius 3 is 0.667 bits per heavy atom. The van der Waals surface area contributed by atoms with E-state index >= 15 is 0 Å². The van der Waals surface area contributed by atoms with Gasteiger partial charge in [-0.15, -0.1) is 0 Å². The molecule has 0 atom stereocenters. The largest absolute Gasteiger partial charge is 0.0622 e. The van der Waals surface area contributed by atoms with Crippen LogP contribution < -0.4 is 0 Å². The van der Waals surface area contributed by atoms with Gasteiger partial charge < -0.3 is 0 Å². The molecular weight excluding hydrogens is 721 g/mol. The maximum Gasteiger partial charge on any atom is -0.00139 e. The van der Waals surface area contributed by atoms with E-state index < -0.39 is 0 Å². The Hall–Kier alpha value is -7.80. The first-order valence-corrected chi connectivity index (χ1v) is 20.8. The predicted octanol–water partition coefficient (Wildman–Crippen LogP) is 16.9. The molecule has 0 aromatic heterocycles. The van der Waals surface area contributed by atoms with Crippen LogP contribution in [0.25, 0.3) is 120 Å². The molecule has 0 spiro atoms. The average Bonchev–Trinajstić information content (AvgIpc) is 3.32. The summed E-state index contributed by atoms with van der Waals surface area (Å²) in [5, 5.41) is 14.9. The summed E-state index contributed by atoms with van der Waals surface area (Å²) in [6.07, 6.45) is 0. The highest BCUT2D eigenvalue weighted by molar-refractivity contribution is 6.31. The van der Waals surface area contributed by atoms with Crippen LogP contribution in [0.2, 0.25) is 0 Å². The van der Waals surface area contributed by atoms with E-state index in [2.05, 4.69) is 231 Å². The summed E-state index contributed by atoms with van der Waals surface area (Å²) in [7, 11) is 0. The van der Waals surface area contributed by atoms with E-state index in [9.17, 15) is 0 Å². The molecule has 0 heterocycles. The zero-order valence-corrected chi connectivity index (χ0v) is 32.9. The predicted molar refractivity (Wildman–Crippen MR) is 259 cm³/mol. The molecule has 12 aromatic carbocycles. The van der Waals surface area contributed by atoms with Crippen LogP contribution in [0.3, 0.4) is 0 Å². The zero-order valence-electron chi connectivity index (χ0n) is 32.9. The zero-order chi connectivity index (χ0) is 39.6. The van der Waals surface area contributed by atoms with E-state index in [1.54, 1.807) is 0 Å². The third kappa shape index (κ3) is 5.39. The van der Waals surface area contributed by atoms with Gasteiger partial charge in [0.15, 0.2) is 0 Å². The Labute approximate surface area is 349 Å². The molecule has 0 heteroatoms. The van der Waals surface area contributed by atoms with Gasteiger partial charge >= 0.3 is 0 Å². The Balaban J connectivity index is 1.22. The molecule has 0 amide bonds. The van der Waals surface area contributed by atoms with Gasteiger partial charge in [0, 0.05) is 0 Å². The highest BCUT2D eigenvalue weighted by atomic mass is 14.3. The summed E-state index contributed by atoms with van der Waals surface area (Å²) in [4.78, 5) is 0. The van der Waals surface area contributed by atoms with Gasteiger partial charge in [-0.1, -0.05) is 206 Å². The summed E-state index contributed by atoms with van der Waals surface area (Å²) < 4.78 is 0. The first-order chi connectivity index (χ1) is 29.8. The molecule has 0 bridgehead atoms. The van der Waals surface area contributed by atoms with Gasteiger partial charge in [-0.05, 0) is 145 Å². The average molecular weight is 759 g/mol. The molecule has 0 nitrogen and oxygen atoms in total. The lowest BCUT2D eigenvalue weighted by Crippen LogP contribution is -1.96. The van der Waals surface area contributed by atoms with Crippen molar-refractivity contribution in [3.05, 3.63) is 231 Å². The van der Waals surface area contributed by atoms with Crippen LogP contribution in [0.4, 0.5) is 0 Å².